The number of thiophene rings is 1. The summed E-state index contributed by atoms with van der Waals surface area (Å²) in [6.07, 6.45) is 1.44. The summed E-state index contributed by atoms with van der Waals surface area (Å²) in [6, 6.07) is 10.1. The van der Waals surface area contributed by atoms with Gasteiger partial charge < -0.3 is 20.5 Å². The Bertz CT molecular complexity index is 688. The molecular weight excluding hydrogens is 465 g/mol. The first-order chi connectivity index (χ1) is 12.1. The molecule has 26 heavy (non-hydrogen) atoms. The fourth-order valence-corrected chi connectivity index (χ4v) is 3.43. The third kappa shape index (κ3) is 7.08. The molecule has 3 N–H and O–H groups in total. The van der Waals surface area contributed by atoms with Crippen molar-refractivity contribution in [3.05, 3.63) is 35.2 Å². The van der Waals surface area contributed by atoms with Gasteiger partial charge in [0.2, 0.25) is 0 Å². The third-order valence-corrected chi connectivity index (χ3v) is 5.00. The van der Waals surface area contributed by atoms with E-state index in [1.54, 1.807) is 18.4 Å². The summed E-state index contributed by atoms with van der Waals surface area (Å²) in [5.41, 5.74) is 0. The Morgan fingerprint density at radius 2 is 2.08 bits per heavy atom. The Morgan fingerprint density at radius 3 is 2.77 bits per heavy atom. The fourth-order valence-electron chi connectivity index (χ4n) is 2.38. The highest BCUT2D eigenvalue weighted by Gasteiger charge is 2.12. The van der Waals surface area contributed by atoms with Crippen LogP contribution >= 0.6 is 35.3 Å². The van der Waals surface area contributed by atoms with E-state index < -0.39 is 6.10 Å². The first-order valence-corrected chi connectivity index (χ1v) is 9.13. The van der Waals surface area contributed by atoms with E-state index >= 15 is 0 Å². The molecule has 1 aromatic carbocycles. The lowest BCUT2D eigenvalue weighted by atomic mass is 10.2. The van der Waals surface area contributed by atoms with Crippen molar-refractivity contribution in [1.82, 2.24) is 10.6 Å². The van der Waals surface area contributed by atoms with Crippen LogP contribution in [0.1, 0.15) is 30.2 Å². The highest BCUT2D eigenvalue weighted by molar-refractivity contribution is 14.0. The Hall–Kier alpha value is -1.39. The minimum absolute atomic E-state index is 0. The van der Waals surface area contributed by atoms with Gasteiger partial charge in [0, 0.05) is 36.1 Å². The minimum atomic E-state index is -0.588. The van der Waals surface area contributed by atoms with Crippen molar-refractivity contribution in [3.8, 4) is 0 Å². The average Bonchev–Trinajstić information content (AvgIpc) is 3.07. The molecule has 8 heteroatoms. The molecule has 0 radical (unpaired) electrons. The number of nitrogens with zero attached hydrogens (tertiary/aromatic N) is 1. The third-order valence-electron chi connectivity index (χ3n) is 3.79. The second-order valence-corrected chi connectivity index (χ2v) is 6.73. The molecule has 0 bridgehead atoms. The van der Waals surface area contributed by atoms with Gasteiger partial charge >= 0.3 is 5.97 Å². The lowest BCUT2D eigenvalue weighted by Crippen LogP contribution is -2.39. The zero-order chi connectivity index (χ0) is 18.1. The number of aliphatic hydroxyl groups is 1. The van der Waals surface area contributed by atoms with E-state index in [2.05, 4.69) is 26.4 Å². The summed E-state index contributed by atoms with van der Waals surface area (Å²) in [5.74, 6) is 0.451. The second kappa shape index (κ2) is 12.1. The first kappa shape index (κ1) is 22.7. The number of esters is 1. The highest BCUT2D eigenvalue weighted by Crippen LogP contribution is 2.29. The van der Waals surface area contributed by atoms with Crippen LogP contribution in [0.4, 0.5) is 0 Å². The number of halogens is 1. The second-order valence-electron chi connectivity index (χ2n) is 5.62. The van der Waals surface area contributed by atoms with Gasteiger partial charge in [0.25, 0.3) is 0 Å². The van der Waals surface area contributed by atoms with Crippen molar-refractivity contribution in [1.29, 1.82) is 0 Å². The Balaban J connectivity index is 0.00000338. The number of rotatable bonds is 8. The normalized spacial score (nSPS) is 12.3. The average molecular weight is 491 g/mol. The van der Waals surface area contributed by atoms with Crippen molar-refractivity contribution < 1.29 is 14.6 Å². The number of aliphatic imine (C=N–C) groups is 1. The molecule has 6 nitrogen and oxygen atoms in total. The highest BCUT2D eigenvalue weighted by atomic mass is 127. The maximum absolute atomic E-state index is 11.0. The number of nitrogens with one attached hydrogen (secondary N) is 2. The molecule has 1 unspecified atom stereocenters. The van der Waals surface area contributed by atoms with Gasteiger partial charge in [-0.25, -0.2) is 0 Å². The van der Waals surface area contributed by atoms with Gasteiger partial charge in [-0.2, -0.15) is 0 Å². The van der Waals surface area contributed by atoms with E-state index in [1.807, 2.05) is 24.3 Å². The summed E-state index contributed by atoms with van der Waals surface area (Å²) in [7, 11) is 3.09. The fraction of sp³-hybridized carbons (Fsp3) is 0.444. The SMILES string of the molecule is CN=C(NCCCCC(=O)OC)NCC(O)c1cc2ccccc2s1.I. The van der Waals surface area contributed by atoms with Gasteiger partial charge in [0.1, 0.15) is 6.10 Å². The monoisotopic (exact) mass is 491 g/mol. The van der Waals surface area contributed by atoms with Crippen LogP contribution in [0.5, 0.6) is 0 Å². The van der Waals surface area contributed by atoms with Crippen LogP contribution in [0.15, 0.2) is 35.3 Å². The molecular formula is C18H26IN3O3S. The number of benzene rings is 1. The lowest BCUT2D eigenvalue weighted by molar-refractivity contribution is -0.140. The molecule has 0 saturated carbocycles. The predicted molar refractivity (Wildman–Crippen MR) is 117 cm³/mol. The number of unbranched alkanes of at least 4 members (excludes halogenated alkanes) is 1. The number of hydrogen-bond acceptors (Lipinski definition) is 5. The summed E-state index contributed by atoms with van der Waals surface area (Å²) < 4.78 is 5.78. The topological polar surface area (TPSA) is 83.0 Å². The van der Waals surface area contributed by atoms with Crippen molar-refractivity contribution in [2.24, 2.45) is 4.99 Å². The van der Waals surface area contributed by atoms with Gasteiger partial charge in [-0.1, -0.05) is 18.2 Å². The van der Waals surface area contributed by atoms with Crippen molar-refractivity contribution in [3.63, 3.8) is 0 Å². The molecule has 1 aromatic heterocycles. The largest absolute Gasteiger partial charge is 0.469 e. The predicted octanol–water partition coefficient (Wildman–Crippen LogP) is 3.06. The molecule has 0 aliphatic rings. The number of carbonyl (C=O) groups is 1. The molecule has 0 aliphatic heterocycles. The zero-order valence-electron chi connectivity index (χ0n) is 15.0. The first-order valence-electron chi connectivity index (χ1n) is 8.32. The van der Waals surface area contributed by atoms with E-state index in [0.29, 0.717) is 25.5 Å². The summed E-state index contributed by atoms with van der Waals surface area (Å²) in [5, 5.41) is 17.8. The number of ether oxygens (including phenoxy) is 1. The van der Waals surface area contributed by atoms with Gasteiger partial charge in [-0.05, 0) is 30.4 Å². The number of methoxy groups -OCH3 is 1. The lowest BCUT2D eigenvalue weighted by Gasteiger charge is -2.14. The van der Waals surface area contributed by atoms with Crippen molar-refractivity contribution in [2.75, 3.05) is 27.2 Å². The molecule has 0 fully saturated rings. The van der Waals surface area contributed by atoms with Gasteiger partial charge in [-0.15, -0.1) is 35.3 Å². The summed E-state index contributed by atoms with van der Waals surface area (Å²) >= 11 is 1.60. The van der Waals surface area contributed by atoms with Crippen LogP contribution in [0.25, 0.3) is 10.1 Å². The van der Waals surface area contributed by atoms with E-state index in [-0.39, 0.29) is 29.9 Å². The molecule has 1 atom stereocenters. The molecule has 1 heterocycles. The molecule has 2 aromatic rings. The number of guanidine groups is 1. The van der Waals surface area contributed by atoms with Crippen LogP contribution in [-0.4, -0.2) is 44.3 Å². The molecule has 144 valence electrons. The molecule has 2 rings (SSSR count). The van der Waals surface area contributed by atoms with E-state index in [0.717, 1.165) is 23.1 Å². The van der Waals surface area contributed by atoms with Gasteiger partial charge in [0.15, 0.2) is 5.96 Å². The van der Waals surface area contributed by atoms with Crippen LogP contribution < -0.4 is 10.6 Å². The molecule has 0 spiro atoms. The van der Waals surface area contributed by atoms with E-state index in [4.69, 9.17) is 0 Å². The Morgan fingerprint density at radius 1 is 1.31 bits per heavy atom. The van der Waals surface area contributed by atoms with Gasteiger partial charge in [-0.3, -0.25) is 9.79 Å². The van der Waals surface area contributed by atoms with Crippen molar-refractivity contribution >= 4 is 57.3 Å². The quantitative estimate of drug-likeness (QED) is 0.174. The number of carbonyl (C=O) groups excluding carboxylic acids is 1. The number of hydrogen-bond donors (Lipinski definition) is 3. The number of fused-ring (bicyclic) bond motifs is 1. The summed E-state index contributed by atoms with van der Waals surface area (Å²) in [6.45, 7) is 1.09. The Labute approximate surface area is 175 Å². The van der Waals surface area contributed by atoms with E-state index in [1.165, 1.54) is 11.8 Å². The summed E-state index contributed by atoms with van der Waals surface area (Å²) in [4.78, 5) is 16.1. The van der Waals surface area contributed by atoms with Crippen LogP contribution in [0, 0.1) is 0 Å². The van der Waals surface area contributed by atoms with E-state index in [9.17, 15) is 9.90 Å². The minimum Gasteiger partial charge on any atom is -0.469 e. The van der Waals surface area contributed by atoms with Crippen molar-refractivity contribution in [2.45, 2.75) is 25.4 Å². The van der Waals surface area contributed by atoms with Crippen LogP contribution in [0.2, 0.25) is 0 Å². The zero-order valence-corrected chi connectivity index (χ0v) is 18.2. The maximum atomic E-state index is 11.0. The standard InChI is InChI=1S/C18H25N3O3S.HI/c1-19-18(20-10-6-5-9-17(23)24-2)21-12-14(22)16-11-13-7-3-4-8-15(13)25-16;/h3-4,7-8,11,14,22H,5-6,9-10,12H2,1-2H3,(H2,19,20,21);1H. The van der Waals surface area contributed by atoms with Gasteiger partial charge in [0.05, 0.1) is 7.11 Å². The molecule has 0 aliphatic carbocycles. The van der Waals surface area contributed by atoms with Crippen LogP contribution in [-0.2, 0) is 9.53 Å². The molecule has 0 saturated heterocycles. The molecule has 0 amide bonds. The van der Waals surface area contributed by atoms with Crippen LogP contribution in [0.3, 0.4) is 0 Å². The maximum Gasteiger partial charge on any atom is 0.305 e. The Kier molecular flexibility index (Phi) is 10.5. The smallest absolute Gasteiger partial charge is 0.305 e. The number of aliphatic hydroxyl groups excluding tert-OH is 1.